The number of hydrogen-bond acceptors (Lipinski definition) is 8. The van der Waals surface area contributed by atoms with E-state index in [1.165, 1.54) is 17.7 Å². The number of fused-ring (bicyclic) bond motifs is 1. The summed E-state index contributed by atoms with van der Waals surface area (Å²) in [4.78, 5) is 34.9. The zero-order valence-electron chi connectivity index (χ0n) is 19.2. The highest BCUT2D eigenvalue weighted by molar-refractivity contribution is 7.20. The average molecular weight is 476 g/mol. The van der Waals surface area contributed by atoms with Crippen LogP contribution in [0.5, 0.6) is 0 Å². The van der Waals surface area contributed by atoms with E-state index in [9.17, 15) is 9.59 Å². The fourth-order valence-corrected chi connectivity index (χ4v) is 4.52. The van der Waals surface area contributed by atoms with E-state index in [2.05, 4.69) is 15.3 Å². The van der Waals surface area contributed by atoms with Crippen LogP contribution in [0.2, 0.25) is 0 Å². The van der Waals surface area contributed by atoms with Gasteiger partial charge in [-0.1, -0.05) is 36.4 Å². The number of nitrogens with one attached hydrogen (secondary N) is 1. The summed E-state index contributed by atoms with van der Waals surface area (Å²) in [5.74, 6) is -0.212. The fraction of sp³-hybridized carbons (Fsp3) is 0.231. The first-order valence-electron chi connectivity index (χ1n) is 11.0. The van der Waals surface area contributed by atoms with Gasteiger partial charge in [0.25, 0.3) is 0 Å². The van der Waals surface area contributed by atoms with Gasteiger partial charge < -0.3 is 14.8 Å². The van der Waals surface area contributed by atoms with E-state index in [1.807, 2.05) is 43.3 Å². The second kappa shape index (κ2) is 10.4. The van der Waals surface area contributed by atoms with Crippen LogP contribution in [-0.4, -0.2) is 34.6 Å². The van der Waals surface area contributed by atoms with Crippen molar-refractivity contribution in [1.29, 1.82) is 0 Å². The molecule has 0 spiro atoms. The van der Waals surface area contributed by atoms with Gasteiger partial charge in [0.05, 0.1) is 23.7 Å². The number of aryl methyl sites for hydroxylation is 1. The van der Waals surface area contributed by atoms with Crippen LogP contribution in [0.4, 0.5) is 11.5 Å². The molecule has 8 heteroatoms. The Bertz CT molecular complexity index is 1320. The maximum Gasteiger partial charge on any atom is 0.348 e. The molecule has 0 aliphatic rings. The number of thiophene rings is 1. The van der Waals surface area contributed by atoms with Gasteiger partial charge >= 0.3 is 11.9 Å². The van der Waals surface area contributed by atoms with Crippen LogP contribution >= 0.6 is 11.3 Å². The number of rotatable bonds is 8. The molecule has 0 radical (unpaired) electrons. The molecule has 4 rings (SSSR count). The summed E-state index contributed by atoms with van der Waals surface area (Å²) in [5, 5.41) is 4.00. The minimum Gasteiger partial charge on any atom is -0.461 e. The van der Waals surface area contributed by atoms with Crippen LogP contribution in [0.3, 0.4) is 0 Å². The molecule has 0 unspecified atom stereocenters. The number of anilines is 2. The molecule has 2 aromatic heterocycles. The highest BCUT2D eigenvalue weighted by Crippen LogP contribution is 2.35. The van der Waals surface area contributed by atoms with Gasteiger partial charge in [0, 0.05) is 12.1 Å². The predicted octanol–water partition coefficient (Wildman–Crippen LogP) is 5.71. The molecule has 0 atom stereocenters. The normalized spacial score (nSPS) is 10.9. The number of carbonyl (C=O) groups is 2. The Hall–Kier alpha value is -3.78. The Morgan fingerprint density at radius 1 is 1.03 bits per heavy atom. The molecule has 34 heavy (non-hydrogen) atoms. The highest BCUT2D eigenvalue weighted by atomic mass is 32.1. The SMILES string of the molecule is Cc1c(C(=O)OCCc2ccccc2)sc2ncnc(Nc3cccc(C(=O)OC(C)C)c3)c12. The topological polar surface area (TPSA) is 90.4 Å². The Kier molecular flexibility index (Phi) is 7.18. The van der Waals surface area contributed by atoms with Crippen LogP contribution in [0.25, 0.3) is 10.2 Å². The first-order valence-corrected chi connectivity index (χ1v) is 11.8. The van der Waals surface area contributed by atoms with Crippen molar-refractivity contribution in [2.75, 3.05) is 11.9 Å². The standard InChI is InChI=1S/C26H25N3O4S/c1-16(2)33-25(30)19-10-7-11-20(14-19)29-23-21-17(3)22(34-24(21)28-15-27-23)26(31)32-13-12-18-8-5-4-6-9-18/h4-11,14-16H,12-13H2,1-3H3,(H,27,28,29). The summed E-state index contributed by atoms with van der Waals surface area (Å²) in [6, 6.07) is 16.9. The maximum atomic E-state index is 12.8. The molecule has 174 valence electrons. The largest absolute Gasteiger partial charge is 0.461 e. The molecule has 4 aromatic rings. The first kappa shape index (κ1) is 23.4. The predicted molar refractivity (Wildman–Crippen MR) is 133 cm³/mol. The van der Waals surface area contributed by atoms with Gasteiger partial charge in [0.1, 0.15) is 21.9 Å². The van der Waals surface area contributed by atoms with E-state index in [4.69, 9.17) is 9.47 Å². The van der Waals surface area contributed by atoms with Gasteiger partial charge in [0.15, 0.2) is 0 Å². The number of nitrogens with zero attached hydrogens (tertiary/aromatic N) is 2. The molecule has 0 aliphatic carbocycles. The highest BCUT2D eigenvalue weighted by Gasteiger charge is 2.21. The quantitative estimate of drug-likeness (QED) is 0.327. The number of esters is 2. The van der Waals surface area contributed by atoms with Gasteiger partial charge in [-0.05, 0) is 50.1 Å². The van der Waals surface area contributed by atoms with E-state index < -0.39 is 5.97 Å². The average Bonchev–Trinajstić information content (AvgIpc) is 3.17. The van der Waals surface area contributed by atoms with Gasteiger partial charge in [-0.3, -0.25) is 0 Å². The first-order chi connectivity index (χ1) is 16.4. The summed E-state index contributed by atoms with van der Waals surface area (Å²) >= 11 is 1.28. The van der Waals surface area contributed by atoms with Crippen molar-refractivity contribution in [3.8, 4) is 0 Å². The minimum atomic E-state index is -0.390. The molecule has 2 aromatic carbocycles. The molecule has 7 nitrogen and oxygen atoms in total. The molecule has 0 bridgehead atoms. The molecule has 2 heterocycles. The monoisotopic (exact) mass is 475 g/mol. The van der Waals surface area contributed by atoms with Gasteiger partial charge in [-0.15, -0.1) is 11.3 Å². The molecule has 0 aliphatic heterocycles. The van der Waals surface area contributed by atoms with E-state index in [-0.39, 0.29) is 12.1 Å². The van der Waals surface area contributed by atoms with Crippen molar-refractivity contribution in [2.45, 2.75) is 33.3 Å². The molecular formula is C26H25N3O4S. The lowest BCUT2D eigenvalue weighted by Crippen LogP contribution is -2.11. The molecule has 0 saturated heterocycles. The number of ether oxygens (including phenoxy) is 2. The minimum absolute atomic E-state index is 0.204. The zero-order chi connectivity index (χ0) is 24.1. The van der Waals surface area contributed by atoms with Crippen molar-refractivity contribution < 1.29 is 19.1 Å². The Balaban J connectivity index is 1.53. The molecular weight excluding hydrogens is 450 g/mol. The lowest BCUT2D eigenvalue weighted by molar-refractivity contribution is 0.0377. The molecule has 0 fully saturated rings. The number of carbonyl (C=O) groups excluding carboxylic acids is 2. The van der Waals surface area contributed by atoms with E-state index in [0.29, 0.717) is 39.8 Å². The van der Waals surface area contributed by atoms with E-state index >= 15 is 0 Å². The van der Waals surface area contributed by atoms with Crippen LogP contribution < -0.4 is 5.32 Å². The molecule has 0 amide bonds. The number of benzene rings is 2. The van der Waals surface area contributed by atoms with Crippen LogP contribution in [-0.2, 0) is 15.9 Å². The lowest BCUT2D eigenvalue weighted by atomic mass is 10.1. The fourth-order valence-electron chi connectivity index (χ4n) is 3.48. The summed E-state index contributed by atoms with van der Waals surface area (Å²) in [7, 11) is 0. The molecule has 1 N–H and O–H groups in total. The van der Waals surface area contributed by atoms with Crippen LogP contribution in [0.1, 0.15) is 45.0 Å². The van der Waals surface area contributed by atoms with Crippen molar-refractivity contribution in [2.24, 2.45) is 0 Å². The summed E-state index contributed by atoms with van der Waals surface area (Å²) in [5.41, 5.74) is 2.98. The van der Waals surface area contributed by atoms with Crippen LogP contribution in [0.15, 0.2) is 60.9 Å². The van der Waals surface area contributed by atoms with Gasteiger partial charge in [0.2, 0.25) is 0 Å². The summed E-state index contributed by atoms with van der Waals surface area (Å²) in [6.45, 7) is 5.77. The smallest absolute Gasteiger partial charge is 0.348 e. The third-order valence-corrected chi connectivity index (χ3v) is 6.26. The van der Waals surface area contributed by atoms with Gasteiger partial charge in [-0.2, -0.15) is 0 Å². The zero-order valence-corrected chi connectivity index (χ0v) is 20.0. The van der Waals surface area contributed by atoms with Crippen molar-refractivity contribution >= 4 is 45.0 Å². The van der Waals surface area contributed by atoms with Crippen molar-refractivity contribution in [1.82, 2.24) is 9.97 Å². The Labute approximate surface area is 201 Å². The second-order valence-electron chi connectivity index (χ2n) is 7.99. The number of aromatic nitrogens is 2. The third kappa shape index (κ3) is 5.40. The van der Waals surface area contributed by atoms with Gasteiger partial charge in [-0.25, -0.2) is 19.6 Å². The van der Waals surface area contributed by atoms with Crippen LogP contribution in [0, 0.1) is 6.92 Å². The van der Waals surface area contributed by atoms with E-state index in [1.54, 1.807) is 32.0 Å². The number of hydrogen-bond donors (Lipinski definition) is 1. The summed E-state index contributed by atoms with van der Waals surface area (Å²) in [6.07, 6.45) is 1.89. The van der Waals surface area contributed by atoms with Crippen molar-refractivity contribution in [3.05, 3.63) is 82.5 Å². The third-order valence-electron chi connectivity index (χ3n) is 5.08. The second-order valence-corrected chi connectivity index (χ2v) is 8.99. The van der Waals surface area contributed by atoms with E-state index in [0.717, 1.165) is 16.5 Å². The maximum absolute atomic E-state index is 12.8. The lowest BCUT2D eigenvalue weighted by Gasteiger charge is -2.11. The molecule has 0 saturated carbocycles. The Morgan fingerprint density at radius 2 is 1.82 bits per heavy atom. The summed E-state index contributed by atoms with van der Waals surface area (Å²) < 4.78 is 10.8. The van der Waals surface area contributed by atoms with Crippen molar-refractivity contribution in [3.63, 3.8) is 0 Å². The Morgan fingerprint density at radius 3 is 2.59 bits per heavy atom.